The highest BCUT2D eigenvalue weighted by molar-refractivity contribution is 7.86. The zero-order chi connectivity index (χ0) is 104. The molecule has 2 aliphatic carbocycles. The van der Waals surface area contributed by atoms with E-state index in [2.05, 4.69) is 37.2 Å². The number of ketones is 1. The minimum Gasteiger partial charge on any atom is -0.481 e. The van der Waals surface area contributed by atoms with Crippen LogP contribution < -0.4 is 57.9 Å². The highest BCUT2D eigenvalue weighted by Gasteiger charge is 2.46. The fraction of sp³-hybridized carbons (Fsp3) is 0.538. The number of fused-ring (bicyclic) bond motifs is 2. The van der Waals surface area contributed by atoms with Crippen LogP contribution in [0.15, 0.2) is 122 Å². The van der Waals surface area contributed by atoms with Crippen LogP contribution in [0.5, 0.6) is 5.75 Å². The molecule has 0 spiro atoms. The Labute approximate surface area is 809 Å². The number of rotatable bonds is 61. The lowest BCUT2D eigenvalue weighted by molar-refractivity contribution is -0.438. The largest absolute Gasteiger partial charge is 0.481 e. The number of hydrogen-bond donors (Lipinski definition) is 19. The number of nitrogens with two attached hydrogens (primary N) is 1. The number of nitrogens with one attached hydrogen (secondary N) is 8. The van der Waals surface area contributed by atoms with Crippen LogP contribution in [0.3, 0.4) is 0 Å². The predicted octanol–water partition coefficient (Wildman–Crippen LogP) is 5.82. The van der Waals surface area contributed by atoms with Crippen molar-refractivity contribution in [2.75, 3.05) is 43.4 Å². The van der Waals surface area contributed by atoms with Crippen LogP contribution in [0, 0.1) is 17.8 Å². The van der Waals surface area contributed by atoms with E-state index in [1.807, 2.05) is 40.8 Å². The Kier molecular flexibility index (Phi) is 44.0. The maximum atomic E-state index is 14.1. The van der Waals surface area contributed by atoms with E-state index >= 15 is 0 Å². The molecule has 0 radical (unpaired) electrons. The molecule has 49 heteroatoms. The number of Topliss-reactive ketones (excluding diaryl/α,β-unsaturated/α-hetero) is 1. The summed E-state index contributed by atoms with van der Waals surface area (Å²) in [6.07, 6.45) is 8.21. The molecule has 2 aliphatic heterocycles. The monoisotopic (exact) mass is 2040 g/mol. The quantitative estimate of drug-likeness (QED) is 0.0180. The van der Waals surface area contributed by atoms with Gasteiger partial charge < -0.3 is 88.5 Å². The van der Waals surface area contributed by atoms with Gasteiger partial charge in [-0.1, -0.05) is 12.5 Å². The van der Waals surface area contributed by atoms with Gasteiger partial charge in [-0.05, 0) is 238 Å². The molecule has 0 bridgehead atoms. The summed E-state index contributed by atoms with van der Waals surface area (Å²) in [6.45, 7) is 4.87. The van der Waals surface area contributed by atoms with Gasteiger partial charge in [0.15, 0.2) is 5.71 Å². The first-order valence-corrected chi connectivity index (χ1v) is 51.8. The van der Waals surface area contributed by atoms with Crippen molar-refractivity contribution in [2.24, 2.45) is 23.5 Å². The Morgan fingerprint density at radius 1 is 0.514 bits per heavy atom. The first-order valence-electron chi connectivity index (χ1n) is 45.9. The Bertz CT molecular complexity index is 5710. The van der Waals surface area contributed by atoms with E-state index in [0.29, 0.717) is 134 Å². The van der Waals surface area contributed by atoms with Gasteiger partial charge in [0.05, 0.1) is 25.9 Å². The van der Waals surface area contributed by atoms with E-state index in [4.69, 9.17) is 15.6 Å². The van der Waals surface area contributed by atoms with Gasteiger partial charge in [-0.2, -0.15) is 38.2 Å². The Morgan fingerprint density at radius 3 is 1.63 bits per heavy atom. The van der Waals surface area contributed by atoms with Crippen LogP contribution in [-0.2, 0) is 119 Å². The molecular formula is C91H124N11O34S4+. The molecule has 140 heavy (non-hydrogen) atoms. The van der Waals surface area contributed by atoms with Crippen molar-refractivity contribution in [3.63, 3.8) is 0 Å². The van der Waals surface area contributed by atoms with Crippen LogP contribution in [0.4, 0.5) is 16.2 Å². The molecule has 3 aromatic carbocycles. The van der Waals surface area contributed by atoms with Gasteiger partial charge in [-0.15, -0.1) is 0 Å². The van der Waals surface area contributed by atoms with Gasteiger partial charge in [0.25, 0.3) is 40.5 Å². The Hall–Kier alpha value is -12.4. The maximum absolute atomic E-state index is 14.1. The number of aliphatic carboxylic acids is 6. The number of benzene rings is 3. The van der Waals surface area contributed by atoms with E-state index in [0.717, 1.165) is 12.1 Å². The number of amides is 9. The fourth-order valence-corrected chi connectivity index (χ4v) is 18.8. The number of primary amides is 1. The molecular weight excluding hydrogens is 1920 g/mol. The number of allylic oxidation sites excluding steroid dienone is 7. The molecule has 4 aliphatic rings. The smallest absolute Gasteiger partial charge is 0.326 e. The second-order valence-electron chi connectivity index (χ2n) is 35.3. The SMILES string of the molecule is CC1(C)C(/C=C/C2=C(Oc3ccc(S(=O)(=O)O)cc3)C(=C/C=C3\Cc4cc(S(=O)(=O)O)ccc4N3CCCCS(=O)(=O)O)/CCC2)=[N+](CCCCCC(=O)NCCCCC(NC(=O)C(CCC(=O)O)NC(=O)C(CCC(=O)O)NC(=O)C(CCC(=O)O)CC(=O)CCCCCNC(=O)C2CCC(CNC(=O)CCC(NC(=O)NC(CCC(=O)O)C(=O)O)C(=O)O)CC2)C(N)=O)c2ccc(S(=O)(=O)O)cc21. The third-order valence-electron chi connectivity index (χ3n) is 24.3. The fourth-order valence-electron chi connectivity index (χ4n) is 16.7. The summed E-state index contributed by atoms with van der Waals surface area (Å²) in [5.74, 6) is -16.1. The number of carbonyl (C=O) groups is 15. The van der Waals surface area contributed by atoms with Crippen LogP contribution in [0.2, 0.25) is 0 Å². The molecule has 1 saturated carbocycles. The predicted molar refractivity (Wildman–Crippen MR) is 500 cm³/mol. The second-order valence-corrected chi connectivity index (χ2v) is 41.2. The van der Waals surface area contributed by atoms with Gasteiger partial charge >= 0.3 is 41.8 Å². The number of nitrogens with zero attached hydrogens (tertiary/aromatic N) is 2. The third kappa shape index (κ3) is 38.0. The first kappa shape index (κ1) is 115. The standard InChI is InChI=1S/C91H123N11O34S4/c1-91(2)67-53-66(140(133,134)135)32-38-74(67)102(75(91)39-24-57-15-13-14-56(82(57)136-63-27-29-64(30-28-63)138(127,128)129)23-26-61-50-60-52-65(139(130,131)132)31-37-73(60)101(61)47-11-12-49-137(124,125)126)48-10-4-6-18-76(104)93-45-9-7-17-68(83(92)114)96-86(117)70(35-43-80(110)111)98-87(118)69(34-42-79(108)109)97-85(116)59(25-41-78(106)107)51-62(103)16-5-3-8-46-94-84(115)58-21-19-55(20-22-58)54-95-77(105)40-33-71(88(119)120)99-90(123)100-72(89(121)122)36-44-81(112)113/h23-24,26-32,37-39,52-53,55,58-59,68-72H,3-22,25,33-36,40-51,54H2,1-2H3,(H19-,92,93,94,95,96,97,98,99,100,104,105,106,107,108,109,110,111,112,113,114,115,116,117,118,119,120,121,122,123,124,125,126,127,128,129,130,131,132,133,134,135)/p+1. The molecule has 6 atom stereocenters. The average molecular weight is 2040 g/mol. The summed E-state index contributed by atoms with van der Waals surface area (Å²) in [5, 5.41) is 76.2. The molecule has 7 rings (SSSR count). The molecule has 6 unspecified atom stereocenters. The Morgan fingerprint density at radius 2 is 1.04 bits per heavy atom. The molecule has 3 aromatic rings. The lowest BCUT2D eigenvalue weighted by Crippen LogP contribution is -2.57. The molecule has 20 N–H and O–H groups in total. The van der Waals surface area contributed by atoms with Gasteiger partial charge in [-0.3, -0.25) is 75.7 Å². The van der Waals surface area contributed by atoms with Gasteiger partial charge in [0.2, 0.25) is 47.0 Å². The average Bonchev–Trinajstić information content (AvgIpc) is 1.58. The van der Waals surface area contributed by atoms with E-state index in [1.165, 1.54) is 42.5 Å². The molecule has 0 aromatic heterocycles. The number of hydrogen-bond acceptors (Lipinski definition) is 25. The summed E-state index contributed by atoms with van der Waals surface area (Å²) in [5.41, 5.74) is 9.70. The van der Waals surface area contributed by atoms with E-state index in [1.54, 1.807) is 18.2 Å². The summed E-state index contributed by atoms with van der Waals surface area (Å²) < 4.78 is 145. The third-order valence-corrected chi connectivity index (χ3v) is 27.7. The number of unbranched alkanes of at least 4 members (excludes halogenated alkanes) is 6. The van der Waals surface area contributed by atoms with Gasteiger partial charge in [-0.25, -0.2) is 14.4 Å². The lowest BCUT2D eigenvalue weighted by Gasteiger charge is -2.28. The summed E-state index contributed by atoms with van der Waals surface area (Å²) in [7, 11) is -18.2. The van der Waals surface area contributed by atoms with Crippen molar-refractivity contribution in [1.82, 2.24) is 42.5 Å². The van der Waals surface area contributed by atoms with Crippen molar-refractivity contribution in [1.29, 1.82) is 0 Å². The van der Waals surface area contributed by atoms with Crippen LogP contribution in [0.1, 0.15) is 224 Å². The number of ether oxygens (including phenoxy) is 1. The minimum absolute atomic E-state index is 0.0110. The molecule has 1 fully saturated rings. The van der Waals surface area contributed by atoms with Crippen LogP contribution >= 0.6 is 0 Å². The molecule has 0 saturated heterocycles. The number of carbonyl (C=O) groups excluding carboxylic acids is 9. The van der Waals surface area contributed by atoms with E-state index < -0.39 is 228 Å². The zero-order valence-electron chi connectivity index (χ0n) is 77.4. The van der Waals surface area contributed by atoms with Crippen molar-refractivity contribution >= 4 is 147 Å². The highest BCUT2D eigenvalue weighted by Crippen LogP contribution is 2.44. The topological polar surface area (TPSA) is 733 Å². The second kappa shape index (κ2) is 53.8. The molecule has 9 amide bonds. The Balaban J connectivity index is 0.902. The number of carboxylic acid groups (broad SMARTS) is 6. The van der Waals surface area contributed by atoms with Crippen molar-refractivity contribution in [3.05, 3.63) is 119 Å². The van der Waals surface area contributed by atoms with E-state index in [-0.39, 0.29) is 136 Å². The number of urea groups is 1. The van der Waals surface area contributed by atoms with E-state index in [9.17, 15) is 149 Å². The van der Waals surface area contributed by atoms with Crippen molar-refractivity contribution in [2.45, 2.75) is 270 Å². The summed E-state index contributed by atoms with van der Waals surface area (Å²) in [4.78, 5) is 190. The van der Waals surface area contributed by atoms with Gasteiger partial charge in [0, 0.05) is 131 Å². The zero-order valence-corrected chi connectivity index (χ0v) is 80.7. The first-order chi connectivity index (χ1) is 65.8. The molecule has 2 heterocycles. The normalized spacial score (nSPS) is 17.2. The highest BCUT2D eigenvalue weighted by atomic mass is 32.2. The van der Waals surface area contributed by atoms with Gasteiger partial charge in [0.1, 0.15) is 54.0 Å². The molecule has 45 nitrogen and oxygen atoms in total. The van der Waals surface area contributed by atoms with Crippen LogP contribution in [0.25, 0.3) is 0 Å². The van der Waals surface area contributed by atoms with Crippen molar-refractivity contribution in [3.8, 4) is 5.75 Å². The maximum Gasteiger partial charge on any atom is 0.326 e. The van der Waals surface area contributed by atoms with Crippen LogP contribution in [-0.4, -0.2) is 250 Å². The summed E-state index contributed by atoms with van der Waals surface area (Å²) >= 11 is 0. The summed E-state index contributed by atoms with van der Waals surface area (Å²) in [6, 6.07) is 4.04. The van der Waals surface area contributed by atoms with Crippen molar-refractivity contribution < 1.29 is 164 Å². The number of anilines is 1. The molecule has 770 valence electrons. The minimum atomic E-state index is -4.69. The number of carboxylic acids is 6. The lowest BCUT2D eigenvalue weighted by atomic mass is 9.81.